The van der Waals surface area contributed by atoms with Gasteiger partial charge in [-0.15, -0.1) is 13.1 Å². The fraction of sp³-hybridized carbons (Fsp3) is 1.00. The van der Waals surface area contributed by atoms with Gasteiger partial charge in [0.05, 0.1) is 0 Å². The van der Waals surface area contributed by atoms with E-state index in [4.69, 9.17) is 0 Å². The Morgan fingerprint density at radius 2 is 1.93 bits per heavy atom. The summed E-state index contributed by atoms with van der Waals surface area (Å²) in [5.41, 5.74) is 0.657. The first-order valence-electron chi connectivity index (χ1n) is 5.65. The van der Waals surface area contributed by atoms with Crippen LogP contribution in [0.1, 0.15) is 32.6 Å². The first kappa shape index (κ1) is 13.6. The van der Waals surface area contributed by atoms with E-state index in [-0.39, 0.29) is 51.4 Å². The smallest absolute Gasteiger partial charge is 0.662 e. The van der Waals surface area contributed by atoms with Crippen LogP contribution in [0, 0.1) is 11.3 Å². The summed E-state index contributed by atoms with van der Waals surface area (Å²) >= 11 is 0. The Morgan fingerprint density at radius 3 is 2.64 bits per heavy atom. The second-order valence-electron chi connectivity index (χ2n) is 4.93. The van der Waals surface area contributed by atoms with Gasteiger partial charge in [0, 0.05) is 0 Å². The van der Waals surface area contributed by atoms with Gasteiger partial charge in [0.15, 0.2) is 0 Å². The summed E-state index contributed by atoms with van der Waals surface area (Å²) < 4.78 is 0. The molecule has 0 aliphatic carbocycles. The average Bonchev–Trinajstić information content (AvgIpc) is 2.29. The van der Waals surface area contributed by atoms with E-state index < -0.39 is 0 Å². The standard InChI is InChI=1S/C11H21N2.K/c1-10-8-11(4-7-13-9-10)2-5-12-6-3-11;/h10,13H,2-9H2,1H3;/q-1;+1. The molecule has 0 bridgehead atoms. The van der Waals surface area contributed by atoms with Gasteiger partial charge in [-0.1, -0.05) is 19.8 Å². The fourth-order valence-corrected chi connectivity index (χ4v) is 2.94. The van der Waals surface area contributed by atoms with Crippen molar-refractivity contribution in [3.63, 3.8) is 0 Å². The summed E-state index contributed by atoms with van der Waals surface area (Å²) in [5, 5.41) is 8.00. The maximum atomic E-state index is 4.46. The van der Waals surface area contributed by atoms with Crippen molar-refractivity contribution in [1.82, 2.24) is 5.32 Å². The maximum Gasteiger partial charge on any atom is 1.00 e. The van der Waals surface area contributed by atoms with Gasteiger partial charge in [-0.25, -0.2) is 0 Å². The molecule has 1 N–H and O–H groups in total. The van der Waals surface area contributed by atoms with E-state index in [1.54, 1.807) is 0 Å². The van der Waals surface area contributed by atoms with Crippen LogP contribution in [0.15, 0.2) is 0 Å². The first-order valence-corrected chi connectivity index (χ1v) is 5.65. The summed E-state index contributed by atoms with van der Waals surface area (Å²) in [5.74, 6) is 0.862. The number of nitrogens with zero attached hydrogens (tertiary/aromatic N) is 1. The van der Waals surface area contributed by atoms with E-state index in [0.717, 1.165) is 19.0 Å². The molecule has 2 fully saturated rings. The van der Waals surface area contributed by atoms with Crippen molar-refractivity contribution < 1.29 is 51.4 Å². The molecule has 0 radical (unpaired) electrons. The zero-order valence-electron chi connectivity index (χ0n) is 9.68. The Hall–Kier alpha value is 1.56. The molecule has 2 aliphatic heterocycles. The predicted molar refractivity (Wildman–Crippen MR) is 56.0 cm³/mol. The molecule has 2 saturated heterocycles. The number of nitrogens with one attached hydrogen (secondary N) is 1. The fourth-order valence-electron chi connectivity index (χ4n) is 2.94. The van der Waals surface area contributed by atoms with Crippen molar-refractivity contribution in [2.24, 2.45) is 11.3 Å². The van der Waals surface area contributed by atoms with Crippen LogP contribution in [0.3, 0.4) is 0 Å². The molecule has 0 saturated carbocycles. The molecule has 0 aromatic carbocycles. The summed E-state index contributed by atoms with van der Waals surface area (Å²) in [4.78, 5) is 0. The third-order valence-corrected chi connectivity index (χ3v) is 3.71. The van der Waals surface area contributed by atoms with Crippen LogP contribution in [0.2, 0.25) is 0 Å². The average molecular weight is 220 g/mol. The predicted octanol–water partition coefficient (Wildman–Crippen LogP) is -0.836. The van der Waals surface area contributed by atoms with Crippen LogP contribution < -0.4 is 56.7 Å². The maximum absolute atomic E-state index is 4.46. The molecular weight excluding hydrogens is 199 g/mol. The first-order chi connectivity index (χ1) is 6.31. The van der Waals surface area contributed by atoms with Crippen molar-refractivity contribution >= 4 is 0 Å². The molecule has 2 rings (SSSR count). The summed E-state index contributed by atoms with van der Waals surface area (Å²) in [7, 11) is 0. The quantitative estimate of drug-likeness (QED) is 0.530. The molecule has 1 unspecified atom stereocenters. The Labute approximate surface area is 130 Å². The van der Waals surface area contributed by atoms with Gasteiger partial charge in [-0.3, -0.25) is 0 Å². The Balaban J connectivity index is 0.000000980. The number of rotatable bonds is 0. The monoisotopic (exact) mass is 220 g/mol. The van der Waals surface area contributed by atoms with Crippen LogP contribution >= 0.6 is 0 Å². The Morgan fingerprint density at radius 1 is 1.21 bits per heavy atom. The number of hydrogen-bond donors (Lipinski definition) is 1. The van der Waals surface area contributed by atoms with Crippen LogP contribution in [0.4, 0.5) is 0 Å². The Kier molecular flexibility index (Phi) is 6.16. The molecule has 0 amide bonds. The molecule has 14 heavy (non-hydrogen) atoms. The minimum Gasteiger partial charge on any atom is -0.662 e. The molecule has 3 heteroatoms. The van der Waals surface area contributed by atoms with Gasteiger partial charge in [0.2, 0.25) is 0 Å². The minimum absolute atomic E-state index is 0. The Bertz CT molecular complexity index is 167. The van der Waals surface area contributed by atoms with Crippen molar-refractivity contribution in [1.29, 1.82) is 0 Å². The largest absolute Gasteiger partial charge is 1.00 e. The van der Waals surface area contributed by atoms with Crippen molar-refractivity contribution in [3.8, 4) is 0 Å². The molecule has 1 spiro atoms. The van der Waals surface area contributed by atoms with E-state index in [0.29, 0.717) is 5.41 Å². The van der Waals surface area contributed by atoms with Crippen molar-refractivity contribution in [2.75, 3.05) is 26.2 Å². The summed E-state index contributed by atoms with van der Waals surface area (Å²) in [6.45, 7) is 7.06. The third-order valence-electron chi connectivity index (χ3n) is 3.71. The van der Waals surface area contributed by atoms with E-state index in [1.165, 1.54) is 38.8 Å². The van der Waals surface area contributed by atoms with Crippen LogP contribution in [0.5, 0.6) is 0 Å². The summed E-state index contributed by atoms with van der Waals surface area (Å²) in [6.07, 6.45) is 5.50. The topological polar surface area (TPSA) is 26.1 Å². The van der Waals surface area contributed by atoms with E-state index in [2.05, 4.69) is 17.6 Å². The second-order valence-corrected chi connectivity index (χ2v) is 4.93. The van der Waals surface area contributed by atoms with E-state index in [1.807, 2.05) is 0 Å². The molecule has 0 aromatic rings. The zero-order valence-corrected chi connectivity index (χ0v) is 12.8. The molecule has 2 nitrogen and oxygen atoms in total. The molecule has 1 atom stereocenters. The molecule has 2 heterocycles. The van der Waals surface area contributed by atoms with Gasteiger partial charge in [-0.2, -0.15) is 0 Å². The van der Waals surface area contributed by atoms with Gasteiger partial charge < -0.3 is 10.6 Å². The normalized spacial score (nSPS) is 31.9. The molecule has 0 aromatic heterocycles. The van der Waals surface area contributed by atoms with Gasteiger partial charge in [0.25, 0.3) is 0 Å². The van der Waals surface area contributed by atoms with Gasteiger partial charge >= 0.3 is 51.4 Å². The number of piperidine rings is 1. The van der Waals surface area contributed by atoms with Gasteiger partial charge in [0.1, 0.15) is 0 Å². The molecule has 2 aliphatic rings. The molecular formula is C11H21KN2. The third kappa shape index (κ3) is 3.54. The van der Waals surface area contributed by atoms with Crippen molar-refractivity contribution in [3.05, 3.63) is 5.32 Å². The number of hydrogen-bond acceptors (Lipinski definition) is 1. The van der Waals surface area contributed by atoms with Gasteiger partial charge in [-0.05, 0) is 37.3 Å². The molecule has 76 valence electrons. The SMILES string of the molecule is CC1CNCCC2(CC[N-]CC2)C1.[K+]. The zero-order chi connectivity index (χ0) is 9.15. The van der Waals surface area contributed by atoms with E-state index in [9.17, 15) is 0 Å². The second kappa shape index (κ2) is 6.33. The van der Waals surface area contributed by atoms with E-state index >= 15 is 0 Å². The minimum atomic E-state index is 0. The van der Waals surface area contributed by atoms with Crippen molar-refractivity contribution in [2.45, 2.75) is 32.6 Å². The van der Waals surface area contributed by atoms with Crippen LogP contribution in [0.25, 0.3) is 5.32 Å². The summed E-state index contributed by atoms with van der Waals surface area (Å²) in [6, 6.07) is 0. The van der Waals surface area contributed by atoms with Crippen LogP contribution in [-0.4, -0.2) is 26.2 Å². The van der Waals surface area contributed by atoms with Crippen LogP contribution in [-0.2, 0) is 0 Å².